The third-order valence-electron chi connectivity index (χ3n) is 3.48. The second-order valence-electron chi connectivity index (χ2n) is 5.35. The average Bonchev–Trinajstić information content (AvgIpc) is 3.19. The van der Waals surface area contributed by atoms with Crippen LogP contribution >= 0.6 is 11.8 Å². The van der Waals surface area contributed by atoms with Crippen LogP contribution < -0.4 is 19.5 Å². The number of carbonyl (C=O) groups excluding carboxylic acids is 2. The van der Waals surface area contributed by atoms with E-state index < -0.39 is 6.10 Å². The number of carbonyl (C=O) groups is 2. The first-order chi connectivity index (χ1) is 11.6. The summed E-state index contributed by atoms with van der Waals surface area (Å²) in [6.45, 7) is 0.282. The lowest BCUT2D eigenvalue weighted by Crippen LogP contribution is -2.42. The molecule has 1 aromatic carbocycles. The summed E-state index contributed by atoms with van der Waals surface area (Å²) >= 11 is 1.48. The number of benzene rings is 1. The molecule has 1 unspecified atom stereocenters. The Bertz CT molecular complexity index is 626. The molecule has 130 valence electrons. The van der Waals surface area contributed by atoms with Crippen LogP contribution in [0, 0.1) is 0 Å². The van der Waals surface area contributed by atoms with E-state index in [2.05, 4.69) is 5.32 Å². The van der Waals surface area contributed by atoms with Gasteiger partial charge in [0.2, 0.25) is 18.6 Å². The Kier molecular flexibility index (Phi) is 5.31. The van der Waals surface area contributed by atoms with Gasteiger partial charge >= 0.3 is 0 Å². The number of rotatable bonds is 7. The van der Waals surface area contributed by atoms with Gasteiger partial charge < -0.3 is 29.5 Å². The number of thioether (sulfide) groups is 1. The Morgan fingerprint density at radius 1 is 1.42 bits per heavy atom. The third kappa shape index (κ3) is 4.24. The molecule has 2 heterocycles. The van der Waals surface area contributed by atoms with Crippen LogP contribution in [-0.2, 0) is 9.59 Å². The average molecular weight is 354 g/mol. The van der Waals surface area contributed by atoms with Crippen molar-refractivity contribution in [3.8, 4) is 17.2 Å². The Morgan fingerprint density at radius 3 is 3.04 bits per heavy atom. The maximum Gasteiger partial charge on any atom is 0.239 e. The van der Waals surface area contributed by atoms with Crippen LogP contribution in [0.1, 0.15) is 0 Å². The van der Waals surface area contributed by atoms with E-state index in [1.54, 1.807) is 18.2 Å². The molecule has 2 amide bonds. The van der Waals surface area contributed by atoms with Gasteiger partial charge in [0.1, 0.15) is 25.0 Å². The van der Waals surface area contributed by atoms with Crippen LogP contribution in [0.4, 0.5) is 0 Å². The summed E-state index contributed by atoms with van der Waals surface area (Å²) in [5.74, 6) is 2.41. The minimum atomic E-state index is -0.858. The second kappa shape index (κ2) is 7.63. The second-order valence-corrected chi connectivity index (χ2v) is 6.31. The predicted octanol–water partition coefficient (Wildman–Crippen LogP) is -0.196. The van der Waals surface area contributed by atoms with E-state index in [0.717, 1.165) is 0 Å². The van der Waals surface area contributed by atoms with Gasteiger partial charge in [-0.25, -0.2) is 0 Å². The number of fused-ring (bicyclic) bond motifs is 1. The van der Waals surface area contributed by atoms with Crippen molar-refractivity contribution in [1.82, 2.24) is 10.2 Å². The lowest BCUT2D eigenvalue weighted by atomic mass is 10.3. The highest BCUT2D eigenvalue weighted by Crippen LogP contribution is 2.35. The number of hydrogen-bond acceptors (Lipinski definition) is 7. The fraction of sp³-hybridized carbons (Fsp3) is 0.467. The van der Waals surface area contributed by atoms with Gasteiger partial charge in [-0.05, 0) is 12.1 Å². The molecule has 2 aliphatic heterocycles. The smallest absolute Gasteiger partial charge is 0.239 e. The Morgan fingerprint density at radius 2 is 2.25 bits per heavy atom. The molecule has 0 saturated carbocycles. The molecule has 2 aliphatic rings. The number of aliphatic hydroxyl groups excluding tert-OH is 1. The van der Waals surface area contributed by atoms with Gasteiger partial charge in [0.15, 0.2) is 11.5 Å². The normalized spacial score (nSPS) is 17.0. The summed E-state index contributed by atoms with van der Waals surface area (Å²) in [6.07, 6.45) is -0.858. The Labute approximate surface area is 143 Å². The first-order valence-corrected chi connectivity index (χ1v) is 8.60. The number of aliphatic hydroxyl groups is 1. The van der Waals surface area contributed by atoms with Crippen LogP contribution in [0.3, 0.4) is 0 Å². The van der Waals surface area contributed by atoms with Gasteiger partial charge in [0.05, 0.1) is 11.6 Å². The van der Waals surface area contributed by atoms with Crippen molar-refractivity contribution in [3.05, 3.63) is 18.2 Å². The predicted molar refractivity (Wildman–Crippen MR) is 86.1 cm³/mol. The first kappa shape index (κ1) is 16.7. The van der Waals surface area contributed by atoms with Gasteiger partial charge in [-0.3, -0.25) is 9.59 Å². The van der Waals surface area contributed by atoms with Crippen LogP contribution in [-0.4, -0.2) is 66.0 Å². The highest BCUT2D eigenvalue weighted by Gasteiger charge is 2.23. The molecule has 1 fully saturated rings. The molecule has 3 rings (SSSR count). The van der Waals surface area contributed by atoms with Crippen molar-refractivity contribution in [2.24, 2.45) is 0 Å². The molecule has 0 aliphatic carbocycles. The minimum absolute atomic E-state index is 0.0154. The number of nitrogens with one attached hydrogen (secondary N) is 1. The van der Waals surface area contributed by atoms with Crippen LogP contribution in [0.15, 0.2) is 18.2 Å². The number of ether oxygens (including phenoxy) is 3. The summed E-state index contributed by atoms with van der Waals surface area (Å²) in [5, 5.41) is 12.5. The summed E-state index contributed by atoms with van der Waals surface area (Å²) in [5.41, 5.74) is 0. The van der Waals surface area contributed by atoms with E-state index in [9.17, 15) is 14.7 Å². The summed E-state index contributed by atoms with van der Waals surface area (Å²) in [4.78, 5) is 24.7. The number of hydrogen-bond donors (Lipinski definition) is 2. The highest BCUT2D eigenvalue weighted by atomic mass is 32.2. The molecule has 8 nitrogen and oxygen atoms in total. The highest BCUT2D eigenvalue weighted by molar-refractivity contribution is 8.00. The van der Waals surface area contributed by atoms with E-state index in [0.29, 0.717) is 28.9 Å². The Hall–Kier alpha value is -2.13. The van der Waals surface area contributed by atoms with Gasteiger partial charge in [-0.1, -0.05) is 0 Å². The van der Waals surface area contributed by atoms with E-state index in [1.165, 1.54) is 16.7 Å². The zero-order valence-corrected chi connectivity index (χ0v) is 13.7. The van der Waals surface area contributed by atoms with Gasteiger partial charge in [-0.2, -0.15) is 0 Å². The quantitative estimate of drug-likeness (QED) is 0.700. The Balaban J connectivity index is 1.37. The topological polar surface area (TPSA) is 97.3 Å². The fourth-order valence-electron chi connectivity index (χ4n) is 2.22. The van der Waals surface area contributed by atoms with Crippen molar-refractivity contribution in [2.45, 2.75) is 6.10 Å². The van der Waals surface area contributed by atoms with E-state index in [4.69, 9.17) is 14.2 Å². The lowest BCUT2D eigenvalue weighted by molar-refractivity contribution is -0.132. The molecule has 9 heteroatoms. The summed E-state index contributed by atoms with van der Waals surface area (Å²) < 4.78 is 15.9. The largest absolute Gasteiger partial charge is 0.491 e. The molecule has 2 N–H and O–H groups in total. The van der Waals surface area contributed by atoms with E-state index in [1.807, 2.05) is 0 Å². The molecule has 1 atom stereocenters. The zero-order chi connectivity index (χ0) is 16.9. The van der Waals surface area contributed by atoms with Crippen LogP contribution in [0.5, 0.6) is 17.2 Å². The summed E-state index contributed by atoms with van der Waals surface area (Å²) in [7, 11) is 0. The monoisotopic (exact) mass is 354 g/mol. The van der Waals surface area contributed by atoms with Gasteiger partial charge in [0, 0.05) is 12.6 Å². The van der Waals surface area contributed by atoms with E-state index in [-0.39, 0.29) is 38.3 Å². The molecule has 0 radical (unpaired) electrons. The molecule has 0 aromatic heterocycles. The minimum Gasteiger partial charge on any atom is -0.491 e. The van der Waals surface area contributed by atoms with Gasteiger partial charge in [-0.15, -0.1) is 11.8 Å². The van der Waals surface area contributed by atoms with Crippen molar-refractivity contribution < 1.29 is 28.9 Å². The molecule has 1 saturated heterocycles. The fourth-order valence-corrected chi connectivity index (χ4v) is 3.12. The molecule has 0 spiro atoms. The molecule has 24 heavy (non-hydrogen) atoms. The zero-order valence-electron chi connectivity index (χ0n) is 12.9. The lowest BCUT2D eigenvalue weighted by Gasteiger charge is -2.16. The standard InChI is InChI=1S/C15H18N2O6S/c18-10(4-16-14(19)5-17-8-24-7-15(17)20)6-21-11-1-2-12-13(3-11)23-9-22-12/h1-3,10,18H,4-9H2,(H,16,19). The van der Waals surface area contributed by atoms with Crippen molar-refractivity contribution in [3.63, 3.8) is 0 Å². The van der Waals surface area contributed by atoms with Crippen LogP contribution in [0.2, 0.25) is 0 Å². The maximum atomic E-state index is 11.8. The van der Waals surface area contributed by atoms with Gasteiger partial charge in [0.25, 0.3) is 0 Å². The number of amides is 2. The van der Waals surface area contributed by atoms with Crippen molar-refractivity contribution in [2.75, 3.05) is 38.1 Å². The molecular formula is C15H18N2O6S. The first-order valence-electron chi connectivity index (χ1n) is 7.44. The van der Waals surface area contributed by atoms with Crippen LogP contribution in [0.25, 0.3) is 0 Å². The van der Waals surface area contributed by atoms with E-state index >= 15 is 0 Å². The molecular weight excluding hydrogens is 336 g/mol. The summed E-state index contributed by atoms with van der Waals surface area (Å²) in [6, 6.07) is 5.14. The third-order valence-corrected chi connectivity index (χ3v) is 4.43. The maximum absolute atomic E-state index is 11.8. The molecule has 1 aromatic rings. The SMILES string of the molecule is O=C(CN1CSCC1=O)NCC(O)COc1ccc2c(c1)OCO2. The van der Waals surface area contributed by atoms with Crippen molar-refractivity contribution in [1.29, 1.82) is 0 Å². The van der Waals surface area contributed by atoms with Crippen molar-refractivity contribution >= 4 is 23.6 Å². The molecule has 0 bridgehead atoms. The number of nitrogens with zero attached hydrogens (tertiary/aromatic N) is 1.